The summed E-state index contributed by atoms with van der Waals surface area (Å²) in [6.07, 6.45) is 10.4. The van der Waals surface area contributed by atoms with Crippen LogP contribution in [0.3, 0.4) is 0 Å². The first-order valence-corrected chi connectivity index (χ1v) is 19.5. The first-order chi connectivity index (χ1) is 20.6. The van der Waals surface area contributed by atoms with Gasteiger partial charge in [-0.1, -0.05) is 38.8 Å². The van der Waals surface area contributed by atoms with E-state index in [9.17, 15) is 4.79 Å². The van der Waals surface area contributed by atoms with Crippen molar-refractivity contribution in [3.63, 3.8) is 0 Å². The second kappa shape index (κ2) is 13.7. The van der Waals surface area contributed by atoms with Crippen molar-refractivity contribution in [2.75, 3.05) is 33.4 Å². The quantitative estimate of drug-likeness (QED) is 0.201. The molecule has 2 aliphatic carbocycles. The van der Waals surface area contributed by atoms with Crippen molar-refractivity contribution in [1.29, 1.82) is 0 Å². The Morgan fingerprint density at radius 1 is 0.907 bits per heavy atom. The van der Waals surface area contributed by atoms with E-state index in [2.05, 4.69) is 50.9 Å². The van der Waals surface area contributed by atoms with E-state index in [1.165, 1.54) is 43.5 Å². The van der Waals surface area contributed by atoms with Gasteiger partial charge in [0.1, 0.15) is 18.1 Å². The van der Waals surface area contributed by atoms with Gasteiger partial charge in [-0.15, -0.1) is 0 Å². The summed E-state index contributed by atoms with van der Waals surface area (Å²) in [5, 5.41) is 0.216. The zero-order chi connectivity index (χ0) is 30.6. The SMILES string of the molecule is COc1ccc2c(c1)CCC(C1CCC(O[Si](C)(C)C(C)(C)C)CC1)=C2C(=O)c1ccc(OCCN2CCCCC2)cc1. The first kappa shape index (κ1) is 32.0. The maximum Gasteiger partial charge on any atom is 0.193 e. The van der Waals surface area contributed by atoms with Crippen LogP contribution in [0.15, 0.2) is 48.0 Å². The minimum atomic E-state index is -1.80. The van der Waals surface area contributed by atoms with E-state index in [-0.39, 0.29) is 10.8 Å². The van der Waals surface area contributed by atoms with Gasteiger partial charge in [-0.05, 0) is 136 Å². The summed E-state index contributed by atoms with van der Waals surface area (Å²) in [6.45, 7) is 15.6. The van der Waals surface area contributed by atoms with Crippen molar-refractivity contribution < 1.29 is 18.7 Å². The molecule has 3 aliphatic rings. The Balaban J connectivity index is 1.33. The van der Waals surface area contributed by atoms with Crippen LogP contribution in [0.1, 0.15) is 93.6 Å². The molecule has 43 heavy (non-hydrogen) atoms. The molecule has 2 fully saturated rings. The predicted molar refractivity (Wildman–Crippen MR) is 179 cm³/mol. The number of fused-ring (bicyclic) bond motifs is 1. The number of ketones is 1. The number of hydrogen-bond donors (Lipinski definition) is 0. The van der Waals surface area contributed by atoms with Gasteiger partial charge in [0.15, 0.2) is 14.1 Å². The monoisotopic (exact) mass is 603 g/mol. The summed E-state index contributed by atoms with van der Waals surface area (Å²) in [6, 6.07) is 14.0. The van der Waals surface area contributed by atoms with E-state index >= 15 is 0 Å². The van der Waals surface area contributed by atoms with Gasteiger partial charge in [-0.2, -0.15) is 0 Å². The number of ether oxygens (including phenoxy) is 2. The number of methoxy groups -OCH3 is 1. The number of hydrogen-bond acceptors (Lipinski definition) is 5. The van der Waals surface area contributed by atoms with Crippen LogP contribution >= 0.6 is 0 Å². The van der Waals surface area contributed by atoms with Gasteiger partial charge < -0.3 is 13.9 Å². The van der Waals surface area contributed by atoms with Crippen LogP contribution in [0.2, 0.25) is 18.1 Å². The molecule has 1 heterocycles. The fourth-order valence-corrected chi connectivity index (χ4v) is 8.26. The molecule has 0 unspecified atom stereocenters. The second-order valence-electron chi connectivity index (χ2n) is 14.4. The average Bonchev–Trinajstić information content (AvgIpc) is 3.00. The number of Topliss-reactive ketones (excluding diaryl/α,β-unsaturated/α-hetero) is 1. The summed E-state index contributed by atoms with van der Waals surface area (Å²) < 4.78 is 18.4. The molecule has 1 saturated carbocycles. The number of allylic oxidation sites excluding steroid dienone is 2. The summed E-state index contributed by atoms with van der Waals surface area (Å²) in [5.74, 6) is 2.23. The maximum absolute atomic E-state index is 14.3. The van der Waals surface area contributed by atoms with Crippen molar-refractivity contribution in [3.8, 4) is 11.5 Å². The molecule has 0 spiro atoms. The van der Waals surface area contributed by atoms with Crippen LogP contribution in [-0.4, -0.2) is 58.5 Å². The Bertz CT molecular complexity index is 1280. The molecule has 1 aliphatic heterocycles. The van der Waals surface area contributed by atoms with Crippen molar-refractivity contribution in [3.05, 3.63) is 64.7 Å². The minimum absolute atomic E-state index is 0.126. The third-order valence-electron chi connectivity index (χ3n) is 10.5. The molecular formula is C37H53NO4Si. The molecule has 6 heteroatoms. The van der Waals surface area contributed by atoms with Gasteiger partial charge in [0.25, 0.3) is 0 Å². The lowest BCUT2D eigenvalue weighted by Crippen LogP contribution is -2.44. The first-order valence-electron chi connectivity index (χ1n) is 16.6. The predicted octanol–water partition coefficient (Wildman–Crippen LogP) is 8.72. The normalized spacial score (nSPS) is 21.8. The Morgan fingerprint density at radius 2 is 1.58 bits per heavy atom. The lowest BCUT2D eigenvalue weighted by Gasteiger charge is -2.42. The largest absolute Gasteiger partial charge is 0.497 e. The van der Waals surface area contributed by atoms with Gasteiger partial charge >= 0.3 is 0 Å². The fraction of sp³-hybridized carbons (Fsp3) is 0.595. The summed E-state index contributed by atoms with van der Waals surface area (Å²) in [7, 11) is -0.0921. The van der Waals surface area contributed by atoms with E-state index < -0.39 is 8.32 Å². The van der Waals surface area contributed by atoms with Crippen molar-refractivity contribution in [2.45, 2.75) is 103 Å². The highest BCUT2D eigenvalue weighted by Gasteiger charge is 2.40. The minimum Gasteiger partial charge on any atom is -0.497 e. The fourth-order valence-electron chi connectivity index (χ4n) is 6.84. The van der Waals surface area contributed by atoms with E-state index in [4.69, 9.17) is 13.9 Å². The number of benzene rings is 2. The number of piperidine rings is 1. The molecular weight excluding hydrogens is 550 g/mol. The molecule has 0 amide bonds. The molecule has 234 valence electrons. The number of likely N-dealkylation sites (tertiary alicyclic amines) is 1. The van der Waals surface area contributed by atoms with Gasteiger partial charge in [-0.3, -0.25) is 9.69 Å². The van der Waals surface area contributed by atoms with Gasteiger partial charge in [0.2, 0.25) is 0 Å². The molecule has 2 aromatic carbocycles. The highest BCUT2D eigenvalue weighted by molar-refractivity contribution is 6.74. The van der Waals surface area contributed by atoms with Crippen LogP contribution in [0.5, 0.6) is 11.5 Å². The van der Waals surface area contributed by atoms with E-state index in [1.54, 1.807) is 7.11 Å². The molecule has 5 nitrogen and oxygen atoms in total. The summed E-state index contributed by atoms with van der Waals surface area (Å²) in [4.78, 5) is 16.8. The number of carbonyl (C=O) groups is 1. The molecule has 0 aromatic heterocycles. The lowest BCUT2D eigenvalue weighted by molar-refractivity contribution is 0.105. The van der Waals surface area contributed by atoms with Crippen molar-refractivity contribution in [2.24, 2.45) is 5.92 Å². The zero-order valence-electron chi connectivity index (χ0n) is 27.5. The van der Waals surface area contributed by atoms with Gasteiger partial charge in [0, 0.05) is 23.8 Å². The van der Waals surface area contributed by atoms with Crippen LogP contribution in [0.4, 0.5) is 0 Å². The molecule has 1 saturated heterocycles. The second-order valence-corrected chi connectivity index (χ2v) is 19.1. The zero-order valence-corrected chi connectivity index (χ0v) is 28.5. The number of aryl methyl sites for hydroxylation is 1. The highest BCUT2D eigenvalue weighted by Crippen LogP contribution is 2.45. The van der Waals surface area contributed by atoms with Crippen LogP contribution in [0.25, 0.3) is 5.57 Å². The van der Waals surface area contributed by atoms with Crippen molar-refractivity contribution >= 4 is 19.7 Å². The molecule has 0 radical (unpaired) electrons. The van der Waals surface area contributed by atoms with Crippen molar-refractivity contribution in [1.82, 2.24) is 4.90 Å². The Kier molecular flexibility index (Phi) is 10.2. The maximum atomic E-state index is 14.3. The van der Waals surface area contributed by atoms with Crippen LogP contribution in [0, 0.1) is 5.92 Å². The average molecular weight is 604 g/mol. The Labute approximate surface area is 261 Å². The molecule has 2 aromatic rings. The number of carbonyl (C=O) groups excluding carboxylic acids is 1. The number of nitrogens with zero attached hydrogens (tertiary/aromatic N) is 1. The Morgan fingerprint density at radius 3 is 2.23 bits per heavy atom. The highest BCUT2D eigenvalue weighted by atomic mass is 28.4. The third-order valence-corrected chi connectivity index (χ3v) is 15.0. The van der Waals surface area contributed by atoms with Crippen LogP contribution in [-0.2, 0) is 10.8 Å². The van der Waals surface area contributed by atoms with Crippen LogP contribution < -0.4 is 9.47 Å². The smallest absolute Gasteiger partial charge is 0.193 e. The molecule has 0 bridgehead atoms. The lowest BCUT2D eigenvalue weighted by atomic mass is 9.73. The van der Waals surface area contributed by atoms with E-state index in [0.717, 1.165) is 73.3 Å². The number of rotatable bonds is 10. The summed E-state index contributed by atoms with van der Waals surface area (Å²) >= 11 is 0. The van der Waals surface area contributed by atoms with Gasteiger partial charge in [0.05, 0.1) is 7.11 Å². The Hall–Kier alpha value is -2.41. The van der Waals surface area contributed by atoms with E-state index in [1.807, 2.05) is 30.3 Å². The summed E-state index contributed by atoms with van der Waals surface area (Å²) in [5.41, 5.74) is 5.27. The molecule has 0 N–H and O–H groups in total. The van der Waals surface area contributed by atoms with E-state index in [0.29, 0.717) is 18.6 Å². The third kappa shape index (κ3) is 7.64. The topological polar surface area (TPSA) is 48.0 Å². The standard InChI is InChI=1S/C37H53NO4Si/c1-37(2,3)43(5,6)42-31-17-10-27(11-18-31)33-20-14-29-26-32(40-4)19-21-34(29)35(33)36(39)28-12-15-30(16-13-28)41-25-24-38-22-8-7-9-23-38/h12-13,15-16,19,21,26-27,31H,7-11,14,17-18,20,22-25H2,1-6H3. The van der Waals surface area contributed by atoms with Gasteiger partial charge in [-0.25, -0.2) is 0 Å². The molecule has 5 rings (SSSR count). The molecule has 0 atom stereocenters.